The first-order valence-corrected chi connectivity index (χ1v) is 11.3. The van der Waals surface area contributed by atoms with Gasteiger partial charge in [0.25, 0.3) is 5.91 Å². The van der Waals surface area contributed by atoms with E-state index in [0.717, 1.165) is 31.2 Å². The van der Waals surface area contributed by atoms with Gasteiger partial charge in [-0.15, -0.1) is 11.3 Å². The maximum Gasteiger partial charge on any atom is 0.251 e. The Labute approximate surface area is 159 Å². The molecule has 2 aromatic rings. The topological polar surface area (TPSA) is 66.5 Å². The van der Waals surface area contributed by atoms with Crippen LogP contribution in [-0.4, -0.2) is 31.7 Å². The highest BCUT2D eigenvalue weighted by molar-refractivity contribution is 7.89. The fourth-order valence-electron chi connectivity index (χ4n) is 3.05. The fourth-order valence-corrected chi connectivity index (χ4v) is 5.41. The maximum atomic E-state index is 13.0. The molecule has 1 aromatic carbocycles. The van der Waals surface area contributed by atoms with Crippen molar-refractivity contribution in [2.75, 3.05) is 13.1 Å². The van der Waals surface area contributed by atoms with Crippen molar-refractivity contribution in [3.8, 4) is 0 Å². The van der Waals surface area contributed by atoms with Gasteiger partial charge in [-0.05, 0) is 48.1 Å². The highest BCUT2D eigenvalue weighted by atomic mass is 32.2. The van der Waals surface area contributed by atoms with Gasteiger partial charge in [-0.1, -0.05) is 25.8 Å². The van der Waals surface area contributed by atoms with E-state index in [1.54, 1.807) is 29.5 Å². The smallest absolute Gasteiger partial charge is 0.251 e. The summed E-state index contributed by atoms with van der Waals surface area (Å²) in [5.41, 5.74) is 1.46. The zero-order valence-corrected chi connectivity index (χ0v) is 16.5. The average molecular weight is 393 g/mol. The van der Waals surface area contributed by atoms with Gasteiger partial charge < -0.3 is 5.32 Å². The number of carbonyl (C=O) groups is 1. The maximum absolute atomic E-state index is 13.0. The molecule has 0 atom stereocenters. The summed E-state index contributed by atoms with van der Waals surface area (Å²) in [5, 5.41) is 4.86. The van der Waals surface area contributed by atoms with Crippen LogP contribution in [0.4, 0.5) is 0 Å². The first-order valence-electron chi connectivity index (χ1n) is 8.96. The van der Waals surface area contributed by atoms with Crippen molar-refractivity contribution in [1.29, 1.82) is 0 Å². The number of rotatable bonds is 7. The summed E-state index contributed by atoms with van der Waals surface area (Å²) in [6, 6.07) is 8.32. The van der Waals surface area contributed by atoms with Crippen molar-refractivity contribution in [1.82, 2.24) is 9.62 Å². The van der Waals surface area contributed by atoms with Crippen LogP contribution in [0.2, 0.25) is 0 Å². The van der Waals surface area contributed by atoms with Gasteiger partial charge >= 0.3 is 0 Å². The van der Waals surface area contributed by atoms with Crippen LogP contribution >= 0.6 is 11.3 Å². The number of nitrogens with one attached hydrogen (secondary N) is 1. The number of thiophene rings is 1. The molecule has 1 amide bonds. The van der Waals surface area contributed by atoms with Gasteiger partial charge in [-0.25, -0.2) is 8.42 Å². The Morgan fingerprint density at radius 1 is 1.27 bits per heavy atom. The minimum absolute atomic E-state index is 0.178. The summed E-state index contributed by atoms with van der Waals surface area (Å²) in [6.45, 7) is 3.59. The number of hydrogen-bond donors (Lipinski definition) is 1. The van der Waals surface area contributed by atoms with Crippen molar-refractivity contribution in [2.45, 2.75) is 44.0 Å². The predicted molar refractivity (Wildman–Crippen MR) is 104 cm³/mol. The second-order valence-electron chi connectivity index (χ2n) is 6.45. The molecule has 3 rings (SSSR count). The van der Waals surface area contributed by atoms with Crippen LogP contribution in [0.15, 0.2) is 40.6 Å². The van der Waals surface area contributed by atoms with Crippen LogP contribution in [0.1, 0.15) is 47.0 Å². The molecule has 140 valence electrons. The Morgan fingerprint density at radius 3 is 2.92 bits per heavy atom. The lowest BCUT2D eigenvalue weighted by Gasteiger charge is -2.26. The zero-order valence-electron chi connectivity index (χ0n) is 14.9. The largest absolute Gasteiger partial charge is 0.352 e. The summed E-state index contributed by atoms with van der Waals surface area (Å²) < 4.78 is 27.5. The van der Waals surface area contributed by atoms with Gasteiger partial charge in [0.1, 0.15) is 0 Å². The van der Waals surface area contributed by atoms with Gasteiger partial charge in [0.05, 0.1) is 4.90 Å². The van der Waals surface area contributed by atoms with Gasteiger partial charge in [-0.2, -0.15) is 4.31 Å². The molecule has 0 radical (unpaired) electrons. The lowest BCUT2D eigenvalue weighted by molar-refractivity contribution is 0.0952. The molecule has 0 saturated heterocycles. The molecule has 2 heterocycles. The summed E-state index contributed by atoms with van der Waals surface area (Å²) in [5.74, 6) is -0.225. The third-order valence-corrected chi connectivity index (χ3v) is 7.44. The van der Waals surface area contributed by atoms with Crippen molar-refractivity contribution in [3.63, 3.8) is 0 Å². The lowest BCUT2D eigenvalue weighted by Crippen LogP contribution is -2.35. The molecule has 0 spiro atoms. The summed E-state index contributed by atoms with van der Waals surface area (Å²) in [4.78, 5) is 13.7. The van der Waals surface area contributed by atoms with E-state index < -0.39 is 10.0 Å². The van der Waals surface area contributed by atoms with Crippen molar-refractivity contribution in [3.05, 3.63) is 51.7 Å². The van der Waals surface area contributed by atoms with Crippen LogP contribution in [-0.2, 0) is 23.0 Å². The molecule has 0 saturated carbocycles. The first kappa shape index (κ1) is 19.1. The van der Waals surface area contributed by atoms with Crippen molar-refractivity contribution in [2.24, 2.45) is 0 Å². The van der Waals surface area contributed by atoms with Gasteiger partial charge in [0.2, 0.25) is 10.0 Å². The standard InChI is InChI=1S/C19H24N2O3S2/c1-2-3-4-10-20-19(22)15-6-5-7-17(13-15)26(23,24)21-11-8-18-16(14-21)9-12-25-18/h5-7,9,12-13H,2-4,8,10-11,14H2,1H3,(H,20,22). The summed E-state index contributed by atoms with van der Waals surface area (Å²) in [7, 11) is -3.61. The Balaban J connectivity index is 1.73. The first-order chi connectivity index (χ1) is 12.5. The van der Waals surface area contributed by atoms with E-state index in [2.05, 4.69) is 12.2 Å². The monoisotopic (exact) mass is 392 g/mol. The Morgan fingerprint density at radius 2 is 2.12 bits per heavy atom. The lowest BCUT2D eigenvalue weighted by atomic mass is 10.1. The molecule has 1 aliphatic heterocycles. The average Bonchev–Trinajstić information content (AvgIpc) is 3.13. The molecule has 7 heteroatoms. The highest BCUT2D eigenvalue weighted by Crippen LogP contribution is 2.28. The minimum atomic E-state index is -3.61. The van der Waals surface area contributed by atoms with E-state index in [-0.39, 0.29) is 10.8 Å². The Bertz CT molecular complexity index is 874. The van der Waals surface area contributed by atoms with Gasteiger partial charge in [-0.3, -0.25) is 4.79 Å². The highest BCUT2D eigenvalue weighted by Gasteiger charge is 2.29. The van der Waals surface area contributed by atoms with E-state index in [1.165, 1.54) is 15.2 Å². The Hall–Kier alpha value is -1.70. The summed E-state index contributed by atoms with van der Waals surface area (Å²) in [6.07, 6.45) is 3.82. The van der Waals surface area contributed by atoms with Crippen molar-refractivity contribution >= 4 is 27.3 Å². The summed E-state index contributed by atoms with van der Waals surface area (Å²) >= 11 is 1.68. The molecule has 0 fully saturated rings. The van der Waals surface area contributed by atoms with Crippen LogP contribution in [0.3, 0.4) is 0 Å². The van der Waals surface area contributed by atoms with Crippen molar-refractivity contribution < 1.29 is 13.2 Å². The second-order valence-corrected chi connectivity index (χ2v) is 9.39. The predicted octanol–water partition coefficient (Wildman–Crippen LogP) is 3.42. The molecule has 1 N–H and O–H groups in total. The zero-order chi connectivity index (χ0) is 18.6. The normalized spacial score (nSPS) is 14.8. The SMILES string of the molecule is CCCCCNC(=O)c1cccc(S(=O)(=O)N2CCc3sccc3C2)c1. The quantitative estimate of drug-likeness (QED) is 0.734. The molecule has 5 nitrogen and oxygen atoms in total. The van der Waals surface area contributed by atoms with Crippen LogP contribution in [0, 0.1) is 0 Å². The van der Waals surface area contributed by atoms with Crippen LogP contribution < -0.4 is 5.32 Å². The fraction of sp³-hybridized carbons (Fsp3) is 0.421. The minimum Gasteiger partial charge on any atom is -0.352 e. The number of nitrogens with zero attached hydrogens (tertiary/aromatic N) is 1. The number of fused-ring (bicyclic) bond motifs is 1. The van der Waals surface area contributed by atoms with E-state index in [9.17, 15) is 13.2 Å². The van der Waals surface area contributed by atoms with E-state index in [0.29, 0.717) is 25.2 Å². The van der Waals surface area contributed by atoms with Crippen LogP contribution in [0.25, 0.3) is 0 Å². The number of benzene rings is 1. The molecule has 0 bridgehead atoms. The molecule has 0 unspecified atom stereocenters. The van der Waals surface area contributed by atoms with E-state index in [1.807, 2.05) is 11.4 Å². The number of sulfonamides is 1. The third kappa shape index (κ3) is 4.16. The van der Waals surface area contributed by atoms with E-state index >= 15 is 0 Å². The number of carbonyl (C=O) groups excluding carboxylic acids is 1. The number of hydrogen-bond acceptors (Lipinski definition) is 4. The molecular formula is C19H24N2O3S2. The van der Waals surface area contributed by atoms with E-state index in [4.69, 9.17) is 0 Å². The Kier molecular flexibility index (Phi) is 6.11. The molecular weight excluding hydrogens is 368 g/mol. The van der Waals surface area contributed by atoms with Gasteiger partial charge in [0.15, 0.2) is 0 Å². The number of amides is 1. The molecule has 1 aromatic heterocycles. The number of unbranched alkanes of at least 4 members (excludes halogenated alkanes) is 2. The molecule has 26 heavy (non-hydrogen) atoms. The van der Waals surface area contributed by atoms with Crippen LogP contribution in [0.5, 0.6) is 0 Å². The molecule has 0 aliphatic carbocycles. The van der Waals surface area contributed by atoms with Gasteiger partial charge in [0, 0.05) is 30.1 Å². The second kappa shape index (κ2) is 8.33. The third-order valence-electron chi connectivity index (χ3n) is 4.57. The molecule has 1 aliphatic rings.